The van der Waals surface area contributed by atoms with Crippen molar-refractivity contribution in [1.29, 1.82) is 0 Å². The number of fused-ring (bicyclic) bond motifs is 1. The highest BCUT2D eigenvalue weighted by Gasteiger charge is 2.52. The molecular formula is C52H62N2O4Si2. The molecule has 6 nitrogen and oxygen atoms in total. The van der Waals surface area contributed by atoms with Gasteiger partial charge in [0.1, 0.15) is 11.5 Å². The minimum atomic E-state index is -2.90. The average molecular weight is 835 g/mol. The second-order valence-corrected chi connectivity index (χ2v) is 26.6. The van der Waals surface area contributed by atoms with Gasteiger partial charge in [0.05, 0.1) is 20.3 Å². The summed E-state index contributed by atoms with van der Waals surface area (Å²) in [6, 6.07) is 58.2. The van der Waals surface area contributed by atoms with Crippen LogP contribution in [0.2, 0.25) is 10.1 Å². The molecule has 0 aliphatic carbocycles. The van der Waals surface area contributed by atoms with Crippen LogP contribution in [-0.4, -0.2) is 50.1 Å². The Labute approximate surface area is 360 Å². The van der Waals surface area contributed by atoms with Crippen molar-refractivity contribution >= 4 is 48.8 Å². The van der Waals surface area contributed by atoms with Crippen molar-refractivity contribution in [2.45, 2.75) is 70.1 Å². The molecule has 0 spiro atoms. The Bertz CT molecular complexity index is 2200. The lowest BCUT2D eigenvalue weighted by Gasteiger charge is -2.47. The molecule has 3 atom stereocenters. The topological polar surface area (TPSA) is 61.0 Å². The summed E-state index contributed by atoms with van der Waals surface area (Å²) in [5.74, 6) is 1.60. The van der Waals surface area contributed by atoms with Crippen LogP contribution in [0.4, 0.5) is 11.4 Å². The number of hydrogen-bond acceptors (Lipinski definition) is 6. The standard InChI is InChI=1S/C52H62N2O4Si2/c1-51(2,3)59(42-24-13-9-14-25-42,43-26-15-10-16-27-43)57-35-34-48-47(38-58-60(52(4,5)6,44-28-17-11-18-29-44)45-30-19-12-20-31-45)50(53-39-22-21-23-40(36-39)55-7)46-33-32-41(56-8)37-49(46)54-48/h9-33,36-37,47-48,50,53-54H,34-35,38H2,1-8H3/t47-,48-,50-/m0/s1. The van der Waals surface area contributed by atoms with Crippen molar-refractivity contribution < 1.29 is 18.3 Å². The van der Waals surface area contributed by atoms with Gasteiger partial charge in [0, 0.05) is 48.7 Å². The fourth-order valence-corrected chi connectivity index (χ4v) is 18.7. The van der Waals surface area contributed by atoms with Crippen LogP contribution < -0.4 is 40.9 Å². The van der Waals surface area contributed by atoms with Crippen LogP contribution in [0.3, 0.4) is 0 Å². The van der Waals surface area contributed by atoms with Gasteiger partial charge in [-0.2, -0.15) is 0 Å². The number of nitrogens with one attached hydrogen (secondary N) is 2. The monoisotopic (exact) mass is 834 g/mol. The van der Waals surface area contributed by atoms with E-state index in [9.17, 15) is 0 Å². The third-order valence-corrected chi connectivity index (χ3v) is 22.4. The van der Waals surface area contributed by atoms with Crippen LogP contribution in [-0.2, 0) is 8.85 Å². The summed E-state index contributed by atoms with van der Waals surface area (Å²) in [4.78, 5) is 0. The normalized spacial score (nSPS) is 17.0. The highest BCUT2D eigenvalue weighted by molar-refractivity contribution is 7.00. The van der Waals surface area contributed by atoms with Gasteiger partial charge in [0.25, 0.3) is 16.6 Å². The number of methoxy groups -OCH3 is 2. The molecule has 0 aromatic heterocycles. The fraction of sp³-hybridized carbons (Fsp3) is 0.308. The molecule has 1 heterocycles. The molecule has 8 heteroatoms. The van der Waals surface area contributed by atoms with E-state index in [1.54, 1.807) is 14.2 Å². The van der Waals surface area contributed by atoms with Crippen LogP contribution in [0.1, 0.15) is 59.6 Å². The van der Waals surface area contributed by atoms with Crippen molar-refractivity contribution in [3.63, 3.8) is 0 Å². The maximum atomic E-state index is 7.83. The van der Waals surface area contributed by atoms with Crippen molar-refractivity contribution in [1.82, 2.24) is 0 Å². The first-order valence-corrected chi connectivity index (χ1v) is 25.1. The molecule has 0 saturated carbocycles. The van der Waals surface area contributed by atoms with Crippen molar-refractivity contribution in [2.24, 2.45) is 5.92 Å². The third kappa shape index (κ3) is 8.57. The quantitative estimate of drug-likeness (QED) is 0.101. The predicted molar refractivity (Wildman–Crippen MR) is 255 cm³/mol. The van der Waals surface area contributed by atoms with Crippen LogP contribution in [0, 0.1) is 5.92 Å². The summed E-state index contributed by atoms with van der Waals surface area (Å²) >= 11 is 0. The molecule has 312 valence electrons. The second kappa shape index (κ2) is 18.2. The highest BCUT2D eigenvalue weighted by Crippen LogP contribution is 2.45. The van der Waals surface area contributed by atoms with E-state index in [0.29, 0.717) is 13.2 Å². The Morgan fingerprint density at radius 3 is 1.47 bits per heavy atom. The summed E-state index contributed by atoms with van der Waals surface area (Å²) < 4.78 is 26.9. The lowest BCUT2D eigenvalue weighted by Crippen LogP contribution is -2.67. The number of benzene rings is 6. The van der Waals surface area contributed by atoms with Gasteiger partial charge in [-0.3, -0.25) is 0 Å². The lowest BCUT2D eigenvalue weighted by molar-refractivity contribution is 0.180. The highest BCUT2D eigenvalue weighted by atomic mass is 28.4. The van der Waals surface area contributed by atoms with E-state index in [4.69, 9.17) is 18.3 Å². The summed E-state index contributed by atoms with van der Waals surface area (Å²) in [5.41, 5.74) is 3.20. The third-order valence-electron chi connectivity index (χ3n) is 12.3. The van der Waals surface area contributed by atoms with Gasteiger partial charge >= 0.3 is 0 Å². The van der Waals surface area contributed by atoms with E-state index in [0.717, 1.165) is 29.3 Å². The Hall–Kier alpha value is -5.13. The number of anilines is 2. The Kier molecular flexibility index (Phi) is 13.1. The molecule has 0 amide bonds. The maximum absolute atomic E-state index is 7.83. The molecule has 60 heavy (non-hydrogen) atoms. The second-order valence-electron chi connectivity index (χ2n) is 18.0. The smallest absolute Gasteiger partial charge is 0.261 e. The van der Waals surface area contributed by atoms with E-state index in [-0.39, 0.29) is 28.1 Å². The molecule has 6 aromatic carbocycles. The number of rotatable bonds is 15. The summed E-state index contributed by atoms with van der Waals surface area (Å²) in [6.45, 7) is 15.1. The zero-order chi connectivity index (χ0) is 42.4. The molecule has 7 rings (SSSR count). The van der Waals surface area contributed by atoms with Gasteiger partial charge in [-0.15, -0.1) is 0 Å². The molecule has 0 radical (unpaired) electrons. The molecule has 0 fully saturated rings. The SMILES string of the molecule is COc1cccc(N[C@H]2c3ccc(OC)cc3N[C@@H](CCO[Si](c3ccccc3)(c3ccccc3)C(C)(C)C)[C@@H]2CO[Si](c2ccccc2)(c2ccccc2)C(C)(C)C)c1. The fourth-order valence-electron chi connectivity index (χ4n) is 9.49. The molecule has 2 N–H and O–H groups in total. The van der Waals surface area contributed by atoms with E-state index in [2.05, 4.69) is 204 Å². The largest absolute Gasteiger partial charge is 0.497 e. The van der Waals surface area contributed by atoms with Crippen LogP contribution >= 0.6 is 0 Å². The molecule has 0 saturated heterocycles. The van der Waals surface area contributed by atoms with Crippen LogP contribution in [0.5, 0.6) is 11.5 Å². The average Bonchev–Trinajstić information content (AvgIpc) is 3.26. The minimum absolute atomic E-state index is 0.0125. The molecule has 6 aromatic rings. The molecular weight excluding hydrogens is 773 g/mol. The van der Waals surface area contributed by atoms with Gasteiger partial charge < -0.3 is 29.0 Å². The zero-order valence-electron chi connectivity index (χ0n) is 36.6. The van der Waals surface area contributed by atoms with Crippen LogP contribution in [0.15, 0.2) is 164 Å². The first-order chi connectivity index (χ1) is 28.9. The molecule has 1 aliphatic rings. The number of hydrogen-bond donors (Lipinski definition) is 2. The summed E-state index contributed by atoms with van der Waals surface area (Å²) in [5, 5.41) is 12.8. The van der Waals surface area contributed by atoms with E-state index in [1.807, 2.05) is 12.1 Å². The van der Waals surface area contributed by atoms with Crippen molar-refractivity contribution in [3.05, 3.63) is 169 Å². The first-order valence-electron chi connectivity index (χ1n) is 21.3. The van der Waals surface area contributed by atoms with E-state index >= 15 is 0 Å². The van der Waals surface area contributed by atoms with Gasteiger partial charge in [0.15, 0.2) is 0 Å². The Balaban J connectivity index is 1.34. The van der Waals surface area contributed by atoms with Crippen LogP contribution in [0.25, 0.3) is 0 Å². The van der Waals surface area contributed by atoms with Gasteiger partial charge in [-0.25, -0.2) is 0 Å². The molecule has 1 aliphatic heterocycles. The zero-order valence-corrected chi connectivity index (χ0v) is 38.6. The number of ether oxygens (including phenoxy) is 2. The predicted octanol–water partition coefficient (Wildman–Crippen LogP) is 9.81. The summed E-state index contributed by atoms with van der Waals surface area (Å²) in [6.07, 6.45) is 0.756. The molecule has 0 bridgehead atoms. The van der Waals surface area contributed by atoms with E-state index in [1.165, 1.54) is 26.3 Å². The van der Waals surface area contributed by atoms with Gasteiger partial charge in [-0.1, -0.05) is 175 Å². The molecule has 0 unspecified atom stereocenters. The Morgan fingerprint density at radius 1 is 0.533 bits per heavy atom. The Morgan fingerprint density at radius 2 is 1.00 bits per heavy atom. The van der Waals surface area contributed by atoms with E-state index < -0.39 is 16.6 Å². The lowest BCUT2D eigenvalue weighted by atomic mass is 9.81. The van der Waals surface area contributed by atoms with Gasteiger partial charge in [0.2, 0.25) is 0 Å². The van der Waals surface area contributed by atoms with Gasteiger partial charge in [-0.05, 0) is 61.0 Å². The summed E-state index contributed by atoms with van der Waals surface area (Å²) in [7, 11) is -2.25. The van der Waals surface area contributed by atoms with Crippen molar-refractivity contribution in [3.8, 4) is 11.5 Å². The first kappa shape index (κ1) is 43.0. The maximum Gasteiger partial charge on any atom is 0.261 e. The minimum Gasteiger partial charge on any atom is -0.497 e. The van der Waals surface area contributed by atoms with Crippen molar-refractivity contribution in [2.75, 3.05) is 38.1 Å².